The molecule has 1 aliphatic rings. The van der Waals surface area contributed by atoms with E-state index >= 15 is 0 Å². The first-order chi connectivity index (χ1) is 9.75. The molecule has 2 aromatic rings. The van der Waals surface area contributed by atoms with Gasteiger partial charge in [-0.05, 0) is 19.1 Å². The van der Waals surface area contributed by atoms with Crippen LogP contribution in [0.15, 0.2) is 36.7 Å². The first-order valence-corrected chi connectivity index (χ1v) is 7.15. The van der Waals surface area contributed by atoms with Crippen LogP contribution in [0.5, 0.6) is 0 Å². The van der Waals surface area contributed by atoms with Crippen LogP contribution >= 0.6 is 11.6 Å². The number of anilines is 2. The quantitative estimate of drug-likeness (QED) is 0.796. The molecule has 1 aliphatic heterocycles. The molecule has 0 N–H and O–H groups in total. The van der Waals surface area contributed by atoms with Crippen molar-refractivity contribution >= 4 is 23.1 Å². The third-order valence-corrected chi connectivity index (χ3v) is 4.08. The van der Waals surface area contributed by atoms with Crippen molar-refractivity contribution in [2.24, 2.45) is 0 Å². The maximum absolute atomic E-state index is 6.07. The zero-order valence-corrected chi connectivity index (χ0v) is 12.2. The highest BCUT2D eigenvalue weighted by Crippen LogP contribution is 2.24. The Labute approximate surface area is 124 Å². The molecule has 0 spiro atoms. The van der Waals surface area contributed by atoms with E-state index in [-0.39, 0.29) is 0 Å². The molecule has 2 heterocycles. The van der Waals surface area contributed by atoms with Crippen LogP contribution in [0, 0.1) is 6.92 Å². The predicted octanol–water partition coefficient (Wildman–Crippen LogP) is 2.77. The monoisotopic (exact) mass is 288 g/mol. The molecule has 20 heavy (non-hydrogen) atoms. The lowest BCUT2D eigenvalue weighted by Gasteiger charge is -2.37. The number of hydrogen-bond acceptors (Lipinski definition) is 4. The molecular formula is C15H17ClN4. The minimum Gasteiger partial charge on any atom is -0.368 e. The van der Waals surface area contributed by atoms with Gasteiger partial charge in [0.05, 0.1) is 0 Å². The summed E-state index contributed by atoms with van der Waals surface area (Å²) in [4.78, 5) is 13.1. The van der Waals surface area contributed by atoms with E-state index in [1.54, 1.807) is 0 Å². The fourth-order valence-corrected chi connectivity index (χ4v) is 2.68. The first-order valence-electron chi connectivity index (χ1n) is 6.78. The molecule has 1 saturated heterocycles. The van der Waals surface area contributed by atoms with Crippen molar-refractivity contribution in [3.8, 4) is 0 Å². The van der Waals surface area contributed by atoms with Crippen molar-refractivity contribution in [2.75, 3.05) is 36.0 Å². The highest BCUT2D eigenvalue weighted by atomic mass is 35.5. The van der Waals surface area contributed by atoms with Crippen LogP contribution in [0.2, 0.25) is 5.15 Å². The number of aromatic nitrogens is 2. The van der Waals surface area contributed by atoms with Crippen LogP contribution in [0.25, 0.3) is 0 Å². The van der Waals surface area contributed by atoms with E-state index in [0.29, 0.717) is 5.15 Å². The summed E-state index contributed by atoms with van der Waals surface area (Å²) in [6.07, 6.45) is 1.54. The van der Waals surface area contributed by atoms with Crippen molar-refractivity contribution in [1.29, 1.82) is 0 Å². The fraction of sp³-hybridized carbons (Fsp3) is 0.333. The van der Waals surface area contributed by atoms with E-state index in [9.17, 15) is 0 Å². The minimum atomic E-state index is 0.542. The lowest BCUT2D eigenvalue weighted by Crippen LogP contribution is -2.47. The molecule has 1 fully saturated rings. The molecular weight excluding hydrogens is 272 g/mol. The van der Waals surface area contributed by atoms with Crippen LogP contribution in [-0.2, 0) is 0 Å². The van der Waals surface area contributed by atoms with Gasteiger partial charge in [0.25, 0.3) is 0 Å². The Kier molecular flexibility index (Phi) is 3.74. The molecule has 0 bridgehead atoms. The minimum absolute atomic E-state index is 0.542. The van der Waals surface area contributed by atoms with E-state index < -0.39 is 0 Å². The van der Waals surface area contributed by atoms with E-state index in [1.165, 1.54) is 12.0 Å². The van der Waals surface area contributed by atoms with Gasteiger partial charge in [0.1, 0.15) is 17.3 Å². The van der Waals surface area contributed by atoms with Gasteiger partial charge < -0.3 is 9.80 Å². The maximum atomic E-state index is 6.07. The highest BCUT2D eigenvalue weighted by Gasteiger charge is 2.20. The van der Waals surface area contributed by atoms with Gasteiger partial charge in [0, 0.05) is 37.4 Å². The molecule has 0 unspecified atom stereocenters. The largest absolute Gasteiger partial charge is 0.368 e. The van der Waals surface area contributed by atoms with Crippen LogP contribution < -0.4 is 9.80 Å². The number of halogens is 1. The lowest BCUT2D eigenvalue weighted by atomic mass is 10.2. The molecule has 104 valence electrons. The van der Waals surface area contributed by atoms with Gasteiger partial charge in [-0.15, -0.1) is 0 Å². The summed E-state index contributed by atoms with van der Waals surface area (Å²) in [7, 11) is 0. The average molecular weight is 289 g/mol. The Bertz CT molecular complexity index is 580. The summed E-state index contributed by atoms with van der Waals surface area (Å²) in [5.74, 6) is 0.956. The average Bonchev–Trinajstić information content (AvgIpc) is 2.51. The number of rotatable bonds is 2. The summed E-state index contributed by atoms with van der Waals surface area (Å²) >= 11 is 6.07. The molecule has 0 saturated carbocycles. The lowest BCUT2D eigenvalue weighted by molar-refractivity contribution is 0.645. The second-order valence-electron chi connectivity index (χ2n) is 4.92. The molecule has 0 atom stereocenters. The third kappa shape index (κ3) is 2.56. The maximum Gasteiger partial charge on any atom is 0.137 e. The molecule has 0 aliphatic carbocycles. The van der Waals surface area contributed by atoms with Crippen LogP contribution in [0.4, 0.5) is 11.5 Å². The summed E-state index contributed by atoms with van der Waals surface area (Å²) in [5, 5.41) is 0.542. The number of nitrogens with zero attached hydrogens (tertiary/aromatic N) is 4. The van der Waals surface area contributed by atoms with Crippen LogP contribution in [0.1, 0.15) is 5.56 Å². The zero-order chi connectivity index (χ0) is 13.9. The van der Waals surface area contributed by atoms with Gasteiger partial charge >= 0.3 is 0 Å². The number of para-hydroxylation sites is 1. The van der Waals surface area contributed by atoms with Gasteiger partial charge in [0.2, 0.25) is 0 Å². The topological polar surface area (TPSA) is 32.3 Å². The van der Waals surface area contributed by atoms with E-state index in [2.05, 4.69) is 44.0 Å². The highest BCUT2D eigenvalue weighted by molar-refractivity contribution is 6.30. The van der Waals surface area contributed by atoms with Gasteiger partial charge in [-0.3, -0.25) is 0 Å². The van der Waals surface area contributed by atoms with Crippen molar-refractivity contribution in [3.05, 3.63) is 47.4 Å². The van der Waals surface area contributed by atoms with Crippen molar-refractivity contribution < 1.29 is 0 Å². The van der Waals surface area contributed by atoms with E-state index in [0.717, 1.165) is 37.6 Å². The zero-order valence-electron chi connectivity index (χ0n) is 11.5. The van der Waals surface area contributed by atoms with Gasteiger partial charge in [-0.25, -0.2) is 9.97 Å². The van der Waals surface area contributed by atoms with Gasteiger partial charge in [0.15, 0.2) is 0 Å². The Hall–Kier alpha value is -1.81. The standard InChI is InChI=1S/C15H17ClN4/c1-12-14(16)17-11-18-15(12)20-9-7-19(8-10-20)13-5-3-2-4-6-13/h2-6,11H,7-10H2,1H3. The van der Waals surface area contributed by atoms with Crippen LogP contribution in [0.3, 0.4) is 0 Å². The normalized spacial score (nSPS) is 15.5. The number of piperazine rings is 1. The molecule has 1 aromatic carbocycles. The Morgan fingerprint density at radius 1 is 0.950 bits per heavy atom. The van der Waals surface area contributed by atoms with E-state index in [4.69, 9.17) is 11.6 Å². The van der Waals surface area contributed by atoms with Gasteiger partial charge in [-0.2, -0.15) is 0 Å². The number of benzene rings is 1. The molecule has 1 aromatic heterocycles. The molecule has 4 nitrogen and oxygen atoms in total. The summed E-state index contributed by atoms with van der Waals surface area (Å²) in [6, 6.07) is 10.5. The van der Waals surface area contributed by atoms with Crippen molar-refractivity contribution in [2.45, 2.75) is 6.92 Å². The predicted molar refractivity (Wildman–Crippen MR) is 82.6 cm³/mol. The molecule has 3 rings (SSSR count). The first kappa shape index (κ1) is 13.2. The second-order valence-corrected chi connectivity index (χ2v) is 5.28. The molecule has 0 amide bonds. The summed E-state index contributed by atoms with van der Waals surface area (Å²) in [5.41, 5.74) is 2.24. The van der Waals surface area contributed by atoms with Crippen LogP contribution in [-0.4, -0.2) is 36.1 Å². The Morgan fingerprint density at radius 3 is 2.30 bits per heavy atom. The smallest absolute Gasteiger partial charge is 0.137 e. The van der Waals surface area contributed by atoms with Gasteiger partial charge in [-0.1, -0.05) is 29.8 Å². The third-order valence-electron chi connectivity index (χ3n) is 3.70. The summed E-state index contributed by atoms with van der Waals surface area (Å²) < 4.78 is 0. The summed E-state index contributed by atoms with van der Waals surface area (Å²) in [6.45, 7) is 5.85. The molecule has 5 heteroatoms. The Morgan fingerprint density at radius 2 is 1.60 bits per heavy atom. The number of hydrogen-bond donors (Lipinski definition) is 0. The Balaban J connectivity index is 1.71. The van der Waals surface area contributed by atoms with Crippen molar-refractivity contribution in [3.63, 3.8) is 0 Å². The second kappa shape index (κ2) is 5.67. The van der Waals surface area contributed by atoms with E-state index in [1.807, 2.05) is 13.0 Å². The SMILES string of the molecule is Cc1c(Cl)ncnc1N1CCN(c2ccccc2)CC1. The fourth-order valence-electron chi connectivity index (χ4n) is 2.55. The molecule has 0 radical (unpaired) electrons. The van der Waals surface area contributed by atoms with Crippen molar-refractivity contribution in [1.82, 2.24) is 9.97 Å².